The van der Waals surface area contributed by atoms with Gasteiger partial charge in [-0.1, -0.05) is 28.1 Å². The molecule has 0 atom stereocenters. The number of aromatic carboxylic acids is 1. The van der Waals surface area contributed by atoms with Crippen LogP contribution in [0.3, 0.4) is 0 Å². The average Bonchev–Trinajstić information content (AvgIpc) is 3.43. The van der Waals surface area contributed by atoms with Crippen LogP contribution >= 0.6 is 50.4 Å². The Kier molecular flexibility index (Phi) is 5.18. The van der Waals surface area contributed by atoms with E-state index in [9.17, 15) is 9.90 Å². The number of halogens is 1. The summed E-state index contributed by atoms with van der Waals surface area (Å²) >= 11 is 7.91. The van der Waals surface area contributed by atoms with Gasteiger partial charge < -0.3 is 10.4 Å². The van der Waals surface area contributed by atoms with Crippen LogP contribution < -0.4 is 5.32 Å². The van der Waals surface area contributed by atoms with Crippen molar-refractivity contribution < 1.29 is 9.90 Å². The topological polar surface area (TPSA) is 62.2 Å². The molecule has 0 radical (unpaired) electrons. The van der Waals surface area contributed by atoms with Crippen LogP contribution in [0.4, 0.5) is 10.8 Å². The Hall–Kier alpha value is -2.13. The van der Waals surface area contributed by atoms with Gasteiger partial charge in [-0.3, -0.25) is 0 Å². The number of thioether (sulfide) groups is 1. The summed E-state index contributed by atoms with van der Waals surface area (Å²) in [6.07, 6.45) is 2.88. The molecule has 2 aromatic heterocycles. The molecule has 0 aliphatic heterocycles. The first-order valence-corrected chi connectivity index (χ1v) is 12.8. The molecule has 0 saturated heterocycles. The lowest BCUT2D eigenvalue weighted by molar-refractivity contribution is 0.0702. The van der Waals surface area contributed by atoms with Crippen LogP contribution in [0.25, 0.3) is 22.4 Å². The van der Waals surface area contributed by atoms with E-state index >= 15 is 0 Å². The summed E-state index contributed by atoms with van der Waals surface area (Å²) in [7, 11) is 0. The molecule has 5 rings (SSSR count). The van der Waals surface area contributed by atoms with Gasteiger partial charge in [0.15, 0.2) is 5.13 Å². The largest absolute Gasteiger partial charge is 0.477 e. The second-order valence-electron chi connectivity index (χ2n) is 6.83. The van der Waals surface area contributed by atoms with Gasteiger partial charge >= 0.3 is 5.97 Å². The zero-order chi connectivity index (χ0) is 20.8. The predicted molar refractivity (Wildman–Crippen MR) is 130 cm³/mol. The van der Waals surface area contributed by atoms with Crippen molar-refractivity contribution in [2.24, 2.45) is 0 Å². The Balaban J connectivity index is 1.40. The van der Waals surface area contributed by atoms with Crippen LogP contribution in [0.2, 0.25) is 0 Å². The van der Waals surface area contributed by atoms with Crippen molar-refractivity contribution in [1.29, 1.82) is 0 Å². The molecule has 4 aromatic rings. The van der Waals surface area contributed by atoms with E-state index < -0.39 is 5.97 Å². The number of rotatable bonds is 5. The first kappa shape index (κ1) is 19.8. The minimum Gasteiger partial charge on any atom is -0.477 e. The molecule has 2 aromatic carbocycles. The van der Waals surface area contributed by atoms with Crippen LogP contribution in [-0.2, 0) is 6.42 Å². The first-order chi connectivity index (χ1) is 14.5. The van der Waals surface area contributed by atoms with E-state index in [0.29, 0.717) is 4.88 Å². The van der Waals surface area contributed by atoms with Crippen molar-refractivity contribution in [1.82, 2.24) is 4.98 Å². The Morgan fingerprint density at radius 3 is 2.67 bits per heavy atom. The highest BCUT2D eigenvalue weighted by molar-refractivity contribution is 9.10. The van der Waals surface area contributed by atoms with Crippen molar-refractivity contribution in [3.05, 3.63) is 68.3 Å². The molecule has 30 heavy (non-hydrogen) atoms. The second kappa shape index (κ2) is 7.85. The number of thiazole rings is 1. The highest BCUT2D eigenvalue weighted by Crippen LogP contribution is 2.41. The summed E-state index contributed by atoms with van der Waals surface area (Å²) in [5.74, 6) is -0.902. The molecule has 8 heteroatoms. The van der Waals surface area contributed by atoms with Crippen molar-refractivity contribution in [2.75, 3.05) is 11.6 Å². The maximum atomic E-state index is 11.3. The van der Waals surface area contributed by atoms with Crippen LogP contribution in [0.5, 0.6) is 0 Å². The molecule has 150 valence electrons. The van der Waals surface area contributed by atoms with Gasteiger partial charge in [0.2, 0.25) is 0 Å². The summed E-state index contributed by atoms with van der Waals surface area (Å²) in [5.41, 5.74) is 7.91. The number of nitrogens with zero attached hydrogens (tertiary/aromatic N) is 1. The molecule has 1 aliphatic rings. The predicted octanol–water partition coefficient (Wildman–Crippen LogP) is 7.37. The zero-order valence-corrected chi connectivity index (χ0v) is 19.8. The number of aromatic nitrogens is 1. The number of nitrogens with one attached hydrogen (secondary N) is 1. The fourth-order valence-corrected chi connectivity index (χ4v) is 6.51. The highest BCUT2D eigenvalue weighted by atomic mass is 79.9. The molecule has 2 heterocycles. The molecule has 0 bridgehead atoms. The molecule has 2 N–H and O–H groups in total. The van der Waals surface area contributed by atoms with Crippen molar-refractivity contribution in [3.8, 4) is 22.4 Å². The number of benzene rings is 2. The lowest BCUT2D eigenvalue weighted by atomic mass is 10.1. The zero-order valence-electron chi connectivity index (χ0n) is 15.7. The van der Waals surface area contributed by atoms with Gasteiger partial charge in [0.1, 0.15) is 4.88 Å². The standard InChI is InChI=1S/C22H15BrN2O2S3/c1-28-21-17(9-19(30-21)20(26)27)18-10-29-22(25-18)24-14-3-5-16-12(8-14)6-11-7-13(23)2-4-15(11)16/h2-5,7-10H,6H2,1H3,(H,24,25)(H,26,27). The Morgan fingerprint density at radius 2 is 1.90 bits per heavy atom. The van der Waals surface area contributed by atoms with Gasteiger partial charge in [0.25, 0.3) is 0 Å². The Labute approximate surface area is 194 Å². The van der Waals surface area contributed by atoms with Gasteiger partial charge in [-0.25, -0.2) is 9.78 Å². The van der Waals surface area contributed by atoms with E-state index in [2.05, 4.69) is 57.6 Å². The van der Waals surface area contributed by atoms with E-state index in [1.165, 1.54) is 44.9 Å². The van der Waals surface area contributed by atoms with E-state index in [-0.39, 0.29) is 0 Å². The lowest BCUT2D eigenvalue weighted by Crippen LogP contribution is -1.91. The maximum absolute atomic E-state index is 11.3. The average molecular weight is 515 g/mol. The minimum absolute atomic E-state index is 0.335. The Morgan fingerprint density at radius 1 is 1.13 bits per heavy atom. The number of hydrogen-bond acceptors (Lipinski definition) is 6. The smallest absolute Gasteiger partial charge is 0.345 e. The van der Waals surface area contributed by atoms with Crippen molar-refractivity contribution >= 4 is 67.2 Å². The molecule has 1 aliphatic carbocycles. The minimum atomic E-state index is -0.902. The van der Waals surface area contributed by atoms with E-state index in [1.54, 1.807) is 17.8 Å². The Bertz CT molecular complexity index is 1300. The van der Waals surface area contributed by atoms with E-state index in [1.807, 2.05) is 11.6 Å². The number of carbonyl (C=O) groups is 1. The third-order valence-corrected chi connectivity index (χ3v) is 8.48. The summed E-state index contributed by atoms with van der Waals surface area (Å²) in [5, 5.41) is 15.5. The van der Waals surface area contributed by atoms with Gasteiger partial charge in [0, 0.05) is 21.1 Å². The second-order valence-corrected chi connectivity index (χ2v) is 10.7. The van der Waals surface area contributed by atoms with Gasteiger partial charge in [-0.2, -0.15) is 0 Å². The van der Waals surface area contributed by atoms with E-state index in [0.717, 1.165) is 37.2 Å². The van der Waals surface area contributed by atoms with Crippen LogP contribution in [0.15, 0.2) is 56.5 Å². The summed E-state index contributed by atoms with van der Waals surface area (Å²) < 4.78 is 2.07. The normalized spacial score (nSPS) is 11.9. The van der Waals surface area contributed by atoms with E-state index in [4.69, 9.17) is 4.98 Å². The number of thiophene rings is 1. The lowest BCUT2D eigenvalue weighted by Gasteiger charge is -2.06. The van der Waals surface area contributed by atoms with Crippen LogP contribution in [0, 0.1) is 0 Å². The van der Waals surface area contributed by atoms with Gasteiger partial charge in [-0.05, 0) is 65.3 Å². The fourth-order valence-electron chi connectivity index (χ4n) is 3.65. The third-order valence-electron chi connectivity index (χ3n) is 4.97. The van der Waals surface area contributed by atoms with Gasteiger partial charge in [-0.15, -0.1) is 34.4 Å². The monoisotopic (exact) mass is 514 g/mol. The third kappa shape index (κ3) is 3.58. The number of hydrogen-bond donors (Lipinski definition) is 2. The molecule has 0 spiro atoms. The van der Waals surface area contributed by atoms with Gasteiger partial charge in [0.05, 0.1) is 9.90 Å². The quantitative estimate of drug-likeness (QED) is 0.239. The molecular weight excluding hydrogens is 500 g/mol. The van der Waals surface area contributed by atoms with Crippen molar-refractivity contribution in [2.45, 2.75) is 10.6 Å². The number of carboxylic acids is 1. The molecule has 0 fully saturated rings. The molecular formula is C22H15BrN2O2S3. The SMILES string of the molecule is CSc1sc(C(=O)O)cc1-c1csc(Nc2ccc3c(c2)Cc2cc(Br)ccc2-3)n1. The number of carboxylic acid groups (broad SMARTS) is 1. The number of anilines is 2. The molecule has 0 amide bonds. The fraction of sp³-hybridized carbons (Fsp3) is 0.0909. The van der Waals surface area contributed by atoms with Crippen LogP contribution in [0.1, 0.15) is 20.8 Å². The van der Waals surface area contributed by atoms with Crippen molar-refractivity contribution in [3.63, 3.8) is 0 Å². The highest BCUT2D eigenvalue weighted by Gasteiger charge is 2.20. The molecule has 4 nitrogen and oxygen atoms in total. The summed E-state index contributed by atoms with van der Waals surface area (Å²) in [6, 6.07) is 14.6. The maximum Gasteiger partial charge on any atom is 0.345 e. The summed E-state index contributed by atoms with van der Waals surface area (Å²) in [4.78, 5) is 16.4. The van der Waals surface area contributed by atoms with Crippen LogP contribution in [-0.4, -0.2) is 22.3 Å². The number of fused-ring (bicyclic) bond motifs is 3. The first-order valence-electron chi connectivity index (χ1n) is 9.07. The molecule has 0 saturated carbocycles. The molecule has 0 unspecified atom stereocenters. The summed E-state index contributed by atoms with van der Waals surface area (Å²) in [6.45, 7) is 0.